The van der Waals surface area contributed by atoms with Gasteiger partial charge in [-0.15, -0.1) is 5.10 Å². The first-order valence-corrected chi connectivity index (χ1v) is 11.6. The van der Waals surface area contributed by atoms with E-state index in [1.807, 2.05) is 13.0 Å². The summed E-state index contributed by atoms with van der Waals surface area (Å²) in [5, 5.41) is 30.0. The van der Waals surface area contributed by atoms with E-state index in [9.17, 15) is 10.2 Å². The van der Waals surface area contributed by atoms with Gasteiger partial charge in [0, 0.05) is 25.7 Å². The van der Waals surface area contributed by atoms with Crippen LogP contribution >= 0.6 is 0 Å². The van der Waals surface area contributed by atoms with Crippen molar-refractivity contribution >= 4 is 11.6 Å². The third-order valence-electron chi connectivity index (χ3n) is 6.62. The predicted molar refractivity (Wildman–Crippen MR) is 129 cm³/mol. The smallest absolute Gasteiger partial charge is 0.154 e. The molecule has 0 radical (unpaired) electrons. The second-order valence-corrected chi connectivity index (χ2v) is 9.55. The van der Waals surface area contributed by atoms with Crippen LogP contribution < -0.4 is 9.80 Å². The standard InChI is InChI=1S/C25H34N6O2/c1-16-15-30(11-12-31(16)21-14-26-20(13-27-21)25(4,5)33)24-18(3)17(2)22(28-29-24)23(32)19-9-7-6-8-10-19/h7,9-10,13-14,16,23,32-33H,6,8,11-12,15H2,1-5H3/t16-,23?/m1/s1. The van der Waals surface area contributed by atoms with E-state index in [0.717, 1.165) is 60.8 Å². The van der Waals surface area contributed by atoms with Gasteiger partial charge in [0.05, 0.1) is 23.8 Å². The van der Waals surface area contributed by atoms with Crippen LogP contribution in [0.3, 0.4) is 0 Å². The van der Waals surface area contributed by atoms with Crippen LogP contribution in [0.4, 0.5) is 11.6 Å². The molecule has 2 atom stereocenters. The molecule has 33 heavy (non-hydrogen) atoms. The molecule has 2 aromatic rings. The van der Waals surface area contributed by atoms with E-state index < -0.39 is 11.7 Å². The fourth-order valence-electron chi connectivity index (χ4n) is 4.44. The molecular weight excluding hydrogens is 416 g/mol. The van der Waals surface area contributed by atoms with Crippen LogP contribution in [0.5, 0.6) is 0 Å². The lowest BCUT2D eigenvalue weighted by molar-refractivity contribution is 0.0734. The van der Waals surface area contributed by atoms with Gasteiger partial charge in [-0.05, 0) is 64.2 Å². The maximum absolute atomic E-state index is 10.9. The maximum atomic E-state index is 10.9. The third kappa shape index (κ3) is 4.77. The van der Waals surface area contributed by atoms with E-state index in [1.54, 1.807) is 26.2 Å². The van der Waals surface area contributed by atoms with Crippen molar-refractivity contribution in [2.45, 2.75) is 65.2 Å². The quantitative estimate of drug-likeness (QED) is 0.717. The lowest BCUT2D eigenvalue weighted by Crippen LogP contribution is -2.53. The fourth-order valence-corrected chi connectivity index (χ4v) is 4.44. The summed E-state index contributed by atoms with van der Waals surface area (Å²) >= 11 is 0. The van der Waals surface area contributed by atoms with Crippen molar-refractivity contribution in [3.8, 4) is 0 Å². The molecule has 2 N–H and O–H groups in total. The fraction of sp³-hybridized carbons (Fsp3) is 0.520. The molecule has 0 amide bonds. The molecule has 0 spiro atoms. The lowest BCUT2D eigenvalue weighted by Gasteiger charge is -2.41. The average molecular weight is 451 g/mol. The SMILES string of the molecule is Cc1c(C(O)C2=CCCC=C2)nnc(N2CCN(c3cnc(C(C)(C)O)cn3)[C@H](C)C2)c1C. The largest absolute Gasteiger partial charge is 0.384 e. The van der Waals surface area contributed by atoms with E-state index in [-0.39, 0.29) is 6.04 Å². The normalized spacial score (nSPS) is 20.1. The van der Waals surface area contributed by atoms with Gasteiger partial charge in [-0.3, -0.25) is 4.98 Å². The van der Waals surface area contributed by atoms with E-state index >= 15 is 0 Å². The van der Waals surface area contributed by atoms with Gasteiger partial charge < -0.3 is 20.0 Å². The predicted octanol–water partition coefficient (Wildman–Crippen LogP) is 3.14. The number of nitrogens with zero attached hydrogens (tertiary/aromatic N) is 6. The second-order valence-electron chi connectivity index (χ2n) is 9.55. The number of aliphatic hydroxyl groups excluding tert-OH is 1. The maximum Gasteiger partial charge on any atom is 0.154 e. The Bertz CT molecular complexity index is 1060. The van der Waals surface area contributed by atoms with Crippen LogP contribution in [0, 0.1) is 13.8 Å². The minimum Gasteiger partial charge on any atom is -0.384 e. The van der Waals surface area contributed by atoms with Gasteiger partial charge in [-0.2, -0.15) is 5.10 Å². The Labute approximate surface area is 195 Å². The van der Waals surface area contributed by atoms with Gasteiger partial charge in [-0.1, -0.05) is 18.2 Å². The summed E-state index contributed by atoms with van der Waals surface area (Å²) in [6.07, 6.45) is 10.7. The summed E-state index contributed by atoms with van der Waals surface area (Å²) in [6, 6.07) is 0.199. The van der Waals surface area contributed by atoms with Crippen molar-refractivity contribution in [3.63, 3.8) is 0 Å². The highest BCUT2D eigenvalue weighted by Gasteiger charge is 2.29. The van der Waals surface area contributed by atoms with Gasteiger partial charge in [0.15, 0.2) is 5.82 Å². The average Bonchev–Trinajstić information content (AvgIpc) is 2.80. The summed E-state index contributed by atoms with van der Waals surface area (Å²) in [5.41, 5.74) is 3.10. The molecule has 1 saturated heterocycles. The molecule has 2 aromatic heterocycles. The number of aliphatic hydroxyl groups is 2. The zero-order valence-corrected chi connectivity index (χ0v) is 20.2. The molecule has 0 aromatic carbocycles. The Morgan fingerprint density at radius 3 is 2.45 bits per heavy atom. The molecule has 3 heterocycles. The molecule has 1 aliphatic carbocycles. The number of aromatic nitrogens is 4. The molecule has 1 unspecified atom stereocenters. The molecule has 0 bridgehead atoms. The Morgan fingerprint density at radius 1 is 1.06 bits per heavy atom. The second kappa shape index (κ2) is 9.19. The summed E-state index contributed by atoms with van der Waals surface area (Å²) < 4.78 is 0. The van der Waals surface area contributed by atoms with Crippen LogP contribution in [-0.2, 0) is 5.60 Å². The zero-order chi connectivity index (χ0) is 23.8. The number of allylic oxidation sites excluding steroid dienone is 2. The molecule has 8 nitrogen and oxygen atoms in total. The van der Waals surface area contributed by atoms with Crippen LogP contribution in [0.25, 0.3) is 0 Å². The Kier molecular flexibility index (Phi) is 6.50. The molecule has 176 valence electrons. The monoisotopic (exact) mass is 450 g/mol. The third-order valence-corrected chi connectivity index (χ3v) is 6.62. The first-order chi connectivity index (χ1) is 15.7. The number of hydrogen-bond donors (Lipinski definition) is 2. The van der Waals surface area contributed by atoms with E-state index in [1.165, 1.54) is 0 Å². The molecule has 2 aliphatic rings. The van der Waals surface area contributed by atoms with E-state index in [0.29, 0.717) is 11.4 Å². The van der Waals surface area contributed by atoms with Crippen LogP contribution in [0.2, 0.25) is 0 Å². The van der Waals surface area contributed by atoms with Gasteiger partial charge in [0.2, 0.25) is 0 Å². The Balaban J connectivity index is 1.49. The Hall–Kier alpha value is -2.84. The lowest BCUT2D eigenvalue weighted by atomic mass is 9.96. The highest BCUT2D eigenvalue weighted by Crippen LogP contribution is 2.31. The highest BCUT2D eigenvalue weighted by molar-refractivity contribution is 5.53. The molecule has 1 fully saturated rings. The summed E-state index contributed by atoms with van der Waals surface area (Å²) in [4.78, 5) is 13.4. The van der Waals surface area contributed by atoms with Crippen molar-refractivity contribution in [2.24, 2.45) is 0 Å². The first-order valence-electron chi connectivity index (χ1n) is 11.6. The van der Waals surface area contributed by atoms with Gasteiger partial charge in [-0.25, -0.2) is 4.98 Å². The summed E-state index contributed by atoms with van der Waals surface area (Å²) in [5.74, 6) is 1.67. The highest BCUT2D eigenvalue weighted by atomic mass is 16.3. The molecule has 0 saturated carbocycles. The zero-order valence-electron chi connectivity index (χ0n) is 20.2. The van der Waals surface area contributed by atoms with Crippen molar-refractivity contribution in [1.29, 1.82) is 0 Å². The van der Waals surface area contributed by atoms with Crippen LogP contribution in [0.1, 0.15) is 62.2 Å². The number of piperazine rings is 1. The molecule has 4 rings (SSSR count). The summed E-state index contributed by atoms with van der Waals surface area (Å²) in [6.45, 7) is 12.0. The number of anilines is 2. The van der Waals surface area contributed by atoms with Crippen molar-refractivity contribution in [1.82, 2.24) is 20.2 Å². The minimum absolute atomic E-state index is 0.199. The van der Waals surface area contributed by atoms with Crippen LogP contribution in [0.15, 0.2) is 36.2 Å². The summed E-state index contributed by atoms with van der Waals surface area (Å²) in [7, 11) is 0. The van der Waals surface area contributed by atoms with E-state index in [4.69, 9.17) is 0 Å². The van der Waals surface area contributed by atoms with Gasteiger partial charge in [0.1, 0.15) is 17.5 Å². The Morgan fingerprint density at radius 2 is 1.85 bits per heavy atom. The van der Waals surface area contributed by atoms with E-state index in [2.05, 4.69) is 56.0 Å². The first kappa shape index (κ1) is 23.3. The van der Waals surface area contributed by atoms with Crippen LogP contribution in [-0.4, -0.2) is 56.1 Å². The molecule has 1 aliphatic heterocycles. The van der Waals surface area contributed by atoms with Crippen molar-refractivity contribution in [2.75, 3.05) is 29.4 Å². The minimum atomic E-state index is -1.01. The van der Waals surface area contributed by atoms with Gasteiger partial charge in [0.25, 0.3) is 0 Å². The van der Waals surface area contributed by atoms with Crippen molar-refractivity contribution < 1.29 is 10.2 Å². The number of rotatable bonds is 5. The van der Waals surface area contributed by atoms with Crippen molar-refractivity contribution in [3.05, 3.63) is 58.7 Å². The number of hydrogen-bond acceptors (Lipinski definition) is 8. The molecule has 8 heteroatoms. The molecular formula is C25H34N6O2. The van der Waals surface area contributed by atoms with Gasteiger partial charge >= 0.3 is 0 Å². The topological polar surface area (TPSA) is 98.5 Å².